The van der Waals surface area contributed by atoms with Gasteiger partial charge in [-0.25, -0.2) is 0 Å². The molecule has 346 valence electrons. The second kappa shape index (κ2) is 20.1. The van der Waals surface area contributed by atoms with Crippen LogP contribution in [0.1, 0.15) is 118 Å². The molecular weight excluding hydrogens is 825 g/mol. The highest BCUT2D eigenvalue weighted by Gasteiger charge is 2.49. The van der Waals surface area contributed by atoms with Gasteiger partial charge in [0.1, 0.15) is 46.4 Å². The van der Waals surface area contributed by atoms with Crippen LogP contribution in [0.4, 0.5) is 0 Å². The third-order valence-corrected chi connectivity index (χ3v) is 14.1. The molecule has 4 aliphatic rings. The molecule has 5 N–H and O–H groups in total. The van der Waals surface area contributed by atoms with E-state index in [0.717, 1.165) is 95.5 Å². The van der Waals surface area contributed by atoms with Crippen LogP contribution in [0.25, 0.3) is 21.9 Å². The van der Waals surface area contributed by atoms with Crippen molar-refractivity contribution in [1.82, 2.24) is 0 Å². The van der Waals surface area contributed by atoms with Crippen molar-refractivity contribution < 1.29 is 54.0 Å². The van der Waals surface area contributed by atoms with Gasteiger partial charge < -0.3 is 54.0 Å². The van der Waals surface area contributed by atoms with Crippen LogP contribution in [-0.4, -0.2) is 77.4 Å². The van der Waals surface area contributed by atoms with Crippen LogP contribution in [0.2, 0.25) is 0 Å². The minimum absolute atomic E-state index is 0.0355. The summed E-state index contributed by atoms with van der Waals surface area (Å²) in [5.74, 6) is 2.14. The highest BCUT2D eigenvalue weighted by molar-refractivity contribution is 5.96. The first-order chi connectivity index (χ1) is 31.7. The number of aliphatic hydroxyl groups excluding tert-OH is 2. The van der Waals surface area contributed by atoms with E-state index in [1.807, 2.05) is 55.5 Å². The lowest BCUT2D eigenvalue weighted by Gasteiger charge is -2.46. The molecule has 0 amide bonds. The van der Waals surface area contributed by atoms with Gasteiger partial charge in [0.25, 0.3) is 0 Å². The number of benzene rings is 5. The Bertz CT molecular complexity index is 2440. The summed E-state index contributed by atoms with van der Waals surface area (Å²) in [6.07, 6.45) is 9.06. The Hall–Kier alpha value is -5.20. The van der Waals surface area contributed by atoms with E-state index < -0.39 is 30.1 Å². The zero-order chi connectivity index (χ0) is 45.0. The van der Waals surface area contributed by atoms with E-state index in [4.69, 9.17) is 28.4 Å². The molecule has 0 spiro atoms. The maximum Gasteiger partial charge on any atom is 0.133 e. The normalized spacial score (nSPS) is 22.1. The Morgan fingerprint density at radius 1 is 0.723 bits per heavy atom. The van der Waals surface area contributed by atoms with Crippen LogP contribution in [0, 0.1) is 11.8 Å². The van der Waals surface area contributed by atoms with Crippen LogP contribution >= 0.6 is 0 Å². The van der Waals surface area contributed by atoms with Crippen molar-refractivity contribution in [2.75, 3.05) is 33.5 Å². The van der Waals surface area contributed by atoms with Crippen molar-refractivity contribution in [3.63, 3.8) is 0 Å². The zero-order valence-corrected chi connectivity index (χ0v) is 37.7. The predicted molar refractivity (Wildman–Crippen MR) is 249 cm³/mol. The second-order valence-electron chi connectivity index (χ2n) is 18.4. The molecule has 65 heavy (non-hydrogen) atoms. The topological polar surface area (TPSA) is 157 Å². The molecule has 11 nitrogen and oxygen atoms in total. The van der Waals surface area contributed by atoms with Gasteiger partial charge >= 0.3 is 0 Å². The van der Waals surface area contributed by atoms with Gasteiger partial charge in [0.05, 0.1) is 31.0 Å². The molecule has 2 fully saturated rings. The highest BCUT2D eigenvalue weighted by atomic mass is 16.5. The number of phenolic OH excluding ortho intramolecular Hbond substituents is 3. The summed E-state index contributed by atoms with van der Waals surface area (Å²) >= 11 is 0. The number of rotatable bonds is 17. The van der Waals surface area contributed by atoms with E-state index in [1.165, 1.54) is 0 Å². The molecule has 9 rings (SSSR count). The molecule has 2 aliphatic carbocycles. The Balaban J connectivity index is 1.15. The standard InChI is InChI=1S/C54H64O11/c1-3-32-26-42(33-11-8-12-36(56)24-33)34(27-47(32)58)23-35-25-40(63-38-13-4-5-14-38)29-44-51(59)46(31-62-52(35)44)50-48(17-9-21-60-2)65-53-41-19-18-37(57)28-43(41)49(64-39-15-6-7-16-39)30-45(53)54(50)61-22-10-20-55/h8,11-12,18-19,24-30,38-39,46,48,50-51,54-59H,3-7,9-10,13-17,20-23,31H2,1-2H3. The Labute approximate surface area is 381 Å². The van der Waals surface area contributed by atoms with Crippen molar-refractivity contribution in [2.45, 2.75) is 121 Å². The number of phenols is 3. The van der Waals surface area contributed by atoms with Crippen molar-refractivity contribution >= 4 is 10.8 Å². The van der Waals surface area contributed by atoms with Gasteiger partial charge in [-0.15, -0.1) is 0 Å². The molecule has 2 aliphatic heterocycles. The predicted octanol–water partition coefficient (Wildman–Crippen LogP) is 10.4. The van der Waals surface area contributed by atoms with Gasteiger partial charge in [-0.3, -0.25) is 0 Å². The molecule has 0 saturated heterocycles. The molecule has 5 aromatic rings. The van der Waals surface area contributed by atoms with Crippen molar-refractivity contribution in [3.8, 4) is 51.4 Å². The van der Waals surface area contributed by atoms with Gasteiger partial charge in [0.2, 0.25) is 0 Å². The summed E-state index contributed by atoms with van der Waals surface area (Å²) in [5.41, 5.74) is 5.60. The van der Waals surface area contributed by atoms with E-state index in [2.05, 4.69) is 0 Å². The maximum atomic E-state index is 13.0. The van der Waals surface area contributed by atoms with Crippen molar-refractivity contribution in [2.24, 2.45) is 11.8 Å². The molecule has 5 aromatic carbocycles. The number of ether oxygens (including phenoxy) is 6. The number of fused-ring (bicyclic) bond motifs is 4. The summed E-state index contributed by atoms with van der Waals surface area (Å²) in [7, 11) is 1.69. The van der Waals surface area contributed by atoms with Gasteiger partial charge in [0.15, 0.2) is 0 Å². The molecule has 0 aromatic heterocycles. The molecule has 2 saturated carbocycles. The quantitative estimate of drug-likeness (QED) is 0.0566. The zero-order valence-electron chi connectivity index (χ0n) is 37.7. The first-order valence-corrected chi connectivity index (χ1v) is 23.9. The number of methoxy groups -OCH3 is 1. The first kappa shape index (κ1) is 45.0. The first-order valence-electron chi connectivity index (χ1n) is 23.9. The molecule has 0 radical (unpaired) electrons. The fourth-order valence-corrected chi connectivity index (χ4v) is 10.8. The van der Waals surface area contributed by atoms with Crippen LogP contribution in [0.15, 0.2) is 72.8 Å². The summed E-state index contributed by atoms with van der Waals surface area (Å²) < 4.78 is 39.9. The average Bonchev–Trinajstić information content (AvgIpc) is 4.03. The van der Waals surface area contributed by atoms with Crippen LogP contribution in [-0.2, 0) is 22.3 Å². The minimum atomic E-state index is -1.01. The summed E-state index contributed by atoms with van der Waals surface area (Å²) in [6, 6.07) is 22.2. The Morgan fingerprint density at radius 2 is 1.49 bits per heavy atom. The van der Waals surface area contributed by atoms with Gasteiger partial charge in [-0.1, -0.05) is 19.1 Å². The van der Waals surface area contributed by atoms with Gasteiger partial charge in [0, 0.05) is 72.6 Å². The summed E-state index contributed by atoms with van der Waals surface area (Å²) in [4.78, 5) is 0. The van der Waals surface area contributed by atoms with E-state index in [1.54, 1.807) is 31.4 Å². The molecule has 5 unspecified atom stereocenters. The Kier molecular flexibility index (Phi) is 13.9. The number of hydrogen-bond donors (Lipinski definition) is 5. The molecule has 11 heteroatoms. The second-order valence-corrected chi connectivity index (χ2v) is 18.4. The number of aryl methyl sites for hydroxylation is 1. The number of aliphatic hydroxyl groups is 2. The largest absolute Gasteiger partial charge is 0.508 e. The van der Waals surface area contributed by atoms with E-state index >= 15 is 0 Å². The lowest BCUT2D eigenvalue weighted by Crippen LogP contribution is -2.46. The van der Waals surface area contributed by atoms with E-state index in [9.17, 15) is 25.5 Å². The monoisotopic (exact) mass is 888 g/mol. The smallest absolute Gasteiger partial charge is 0.133 e. The Morgan fingerprint density at radius 3 is 2.23 bits per heavy atom. The fourth-order valence-electron chi connectivity index (χ4n) is 10.8. The lowest BCUT2D eigenvalue weighted by atomic mass is 9.72. The van der Waals surface area contributed by atoms with Crippen molar-refractivity contribution in [1.29, 1.82) is 0 Å². The average molecular weight is 889 g/mol. The molecule has 5 atom stereocenters. The van der Waals surface area contributed by atoms with E-state index in [0.29, 0.717) is 67.3 Å². The fraction of sp³-hybridized carbons (Fsp3) is 0.481. The SMILES string of the molecule is CCc1cc(-c2cccc(O)c2)c(Cc2cc(OC3CCCC3)cc3c2OCC(C2C(CCCOC)Oc4c(cc(OC5CCCC5)c5cc(O)ccc45)C2OCCCO)C3O)cc1O. The highest BCUT2D eigenvalue weighted by Crippen LogP contribution is 2.55. The van der Waals surface area contributed by atoms with Crippen LogP contribution < -0.4 is 18.9 Å². The maximum absolute atomic E-state index is 13.0. The van der Waals surface area contributed by atoms with Crippen LogP contribution in [0.3, 0.4) is 0 Å². The number of aromatic hydroxyl groups is 3. The lowest BCUT2D eigenvalue weighted by molar-refractivity contribution is -0.113. The van der Waals surface area contributed by atoms with Gasteiger partial charge in [-0.2, -0.15) is 0 Å². The van der Waals surface area contributed by atoms with Gasteiger partial charge in [-0.05, 0) is 160 Å². The summed E-state index contributed by atoms with van der Waals surface area (Å²) in [5, 5.41) is 56.9. The van der Waals surface area contributed by atoms with Crippen molar-refractivity contribution in [3.05, 3.63) is 101 Å². The minimum Gasteiger partial charge on any atom is -0.508 e. The molecule has 0 bridgehead atoms. The van der Waals surface area contributed by atoms with E-state index in [-0.39, 0.29) is 49.3 Å². The third-order valence-electron chi connectivity index (χ3n) is 14.1. The summed E-state index contributed by atoms with van der Waals surface area (Å²) in [6.45, 7) is 2.94. The number of hydrogen-bond acceptors (Lipinski definition) is 11. The molecule has 2 heterocycles. The molecular formula is C54H64O11. The third kappa shape index (κ3) is 9.57. The van der Waals surface area contributed by atoms with Crippen LogP contribution in [0.5, 0.6) is 40.2 Å².